The number of aryl methyl sites for hydroxylation is 1. The average molecular weight is 388 g/mol. The van der Waals surface area contributed by atoms with E-state index in [0.29, 0.717) is 17.8 Å². The summed E-state index contributed by atoms with van der Waals surface area (Å²) >= 11 is 0. The SMILES string of the molecule is Cc1nn(C(C)(C)C)c2nc(C(C)C)cc(C(=O)N3CCOC(C(=O)O)C3)c12. The van der Waals surface area contributed by atoms with Crippen LogP contribution in [0.3, 0.4) is 0 Å². The number of hydrogen-bond acceptors (Lipinski definition) is 5. The van der Waals surface area contributed by atoms with Gasteiger partial charge in [-0.2, -0.15) is 5.10 Å². The monoisotopic (exact) mass is 388 g/mol. The Balaban J connectivity index is 2.15. The van der Waals surface area contributed by atoms with Crippen molar-refractivity contribution in [1.29, 1.82) is 0 Å². The first-order chi connectivity index (χ1) is 13.0. The van der Waals surface area contributed by atoms with Gasteiger partial charge in [0.2, 0.25) is 0 Å². The van der Waals surface area contributed by atoms with Crippen molar-refractivity contribution in [3.8, 4) is 0 Å². The van der Waals surface area contributed by atoms with Crippen molar-refractivity contribution >= 4 is 22.9 Å². The molecule has 1 aliphatic heterocycles. The van der Waals surface area contributed by atoms with Gasteiger partial charge in [0, 0.05) is 12.2 Å². The predicted molar refractivity (Wildman–Crippen MR) is 105 cm³/mol. The molecule has 3 rings (SSSR count). The van der Waals surface area contributed by atoms with Crippen LogP contribution in [0.2, 0.25) is 0 Å². The molecule has 0 aliphatic carbocycles. The van der Waals surface area contributed by atoms with Gasteiger partial charge in [-0.1, -0.05) is 13.8 Å². The lowest BCUT2D eigenvalue weighted by molar-refractivity contribution is -0.154. The maximum absolute atomic E-state index is 13.4. The summed E-state index contributed by atoms with van der Waals surface area (Å²) in [4.78, 5) is 31.0. The van der Waals surface area contributed by atoms with Crippen LogP contribution in [0, 0.1) is 6.92 Å². The van der Waals surface area contributed by atoms with E-state index in [1.54, 1.807) is 4.90 Å². The van der Waals surface area contributed by atoms with E-state index in [1.807, 2.05) is 52.3 Å². The predicted octanol–water partition coefficient (Wildman–Crippen LogP) is 2.54. The number of aliphatic carboxylic acids is 1. The van der Waals surface area contributed by atoms with Crippen LogP contribution in [-0.2, 0) is 15.1 Å². The fourth-order valence-corrected chi connectivity index (χ4v) is 3.39. The molecule has 1 fully saturated rings. The van der Waals surface area contributed by atoms with Gasteiger partial charge in [0.1, 0.15) is 0 Å². The summed E-state index contributed by atoms with van der Waals surface area (Å²) in [5.41, 5.74) is 2.46. The van der Waals surface area contributed by atoms with Crippen molar-refractivity contribution in [3.63, 3.8) is 0 Å². The molecule has 1 atom stereocenters. The third-order valence-corrected chi connectivity index (χ3v) is 4.92. The zero-order chi connectivity index (χ0) is 20.8. The molecule has 0 bridgehead atoms. The van der Waals surface area contributed by atoms with Crippen molar-refractivity contribution in [2.75, 3.05) is 19.7 Å². The fourth-order valence-electron chi connectivity index (χ4n) is 3.39. The first kappa shape index (κ1) is 20.3. The maximum Gasteiger partial charge on any atom is 0.334 e. The molecule has 1 aliphatic rings. The molecule has 2 aromatic rings. The number of carboxylic acid groups (broad SMARTS) is 1. The van der Waals surface area contributed by atoms with Gasteiger partial charge in [-0.3, -0.25) is 4.79 Å². The smallest absolute Gasteiger partial charge is 0.334 e. The van der Waals surface area contributed by atoms with E-state index in [0.717, 1.165) is 16.8 Å². The second-order valence-corrected chi connectivity index (χ2v) is 8.56. The minimum absolute atomic E-state index is 0.0292. The third-order valence-electron chi connectivity index (χ3n) is 4.92. The van der Waals surface area contributed by atoms with Crippen LogP contribution in [0.15, 0.2) is 6.07 Å². The van der Waals surface area contributed by atoms with Crippen molar-refractivity contribution in [2.24, 2.45) is 0 Å². The van der Waals surface area contributed by atoms with E-state index in [1.165, 1.54) is 0 Å². The first-order valence-corrected chi connectivity index (χ1v) is 9.55. The summed E-state index contributed by atoms with van der Waals surface area (Å²) in [6.07, 6.45) is -1.00. The van der Waals surface area contributed by atoms with Crippen LogP contribution >= 0.6 is 0 Å². The molecule has 0 aromatic carbocycles. The molecule has 3 heterocycles. The Hall–Kier alpha value is -2.48. The zero-order valence-electron chi connectivity index (χ0n) is 17.3. The Labute approximate surface area is 164 Å². The highest BCUT2D eigenvalue weighted by Crippen LogP contribution is 2.30. The lowest BCUT2D eigenvalue weighted by Crippen LogP contribution is -2.48. The van der Waals surface area contributed by atoms with Gasteiger partial charge in [-0.05, 0) is 39.7 Å². The molecule has 152 valence electrons. The zero-order valence-corrected chi connectivity index (χ0v) is 17.3. The maximum atomic E-state index is 13.4. The molecule has 28 heavy (non-hydrogen) atoms. The number of rotatable bonds is 3. The van der Waals surface area contributed by atoms with Gasteiger partial charge >= 0.3 is 5.97 Å². The van der Waals surface area contributed by atoms with Crippen LogP contribution < -0.4 is 0 Å². The van der Waals surface area contributed by atoms with Gasteiger partial charge in [0.05, 0.1) is 35.3 Å². The van der Waals surface area contributed by atoms with Crippen LogP contribution in [0.25, 0.3) is 11.0 Å². The Bertz CT molecular complexity index is 926. The van der Waals surface area contributed by atoms with Gasteiger partial charge < -0.3 is 14.7 Å². The highest BCUT2D eigenvalue weighted by Gasteiger charge is 2.32. The third kappa shape index (κ3) is 3.61. The molecule has 8 nitrogen and oxygen atoms in total. The number of aromatic nitrogens is 3. The number of amides is 1. The summed E-state index contributed by atoms with van der Waals surface area (Å²) < 4.78 is 7.12. The largest absolute Gasteiger partial charge is 0.479 e. The summed E-state index contributed by atoms with van der Waals surface area (Å²) in [5, 5.41) is 14.6. The summed E-state index contributed by atoms with van der Waals surface area (Å²) in [6.45, 7) is 12.7. The quantitative estimate of drug-likeness (QED) is 0.868. The van der Waals surface area contributed by atoms with E-state index in [4.69, 9.17) is 9.72 Å². The van der Waals surface area contributed by atoms with E-state index in [2.05, 4.69) is 5.10 Å². The van der Waals surface area contributed by atoms with Crippen molar-refractivity contribution in [2.45, 2.75) is 59.1 Å². The molecule has 1 N–H and O–H groups in total. The Morgan fingerprint density at radius 2 is 2.00 bits per heavy atom. The molecule has 1 amide bonds. The summed E-state index contributed by atoms with van der Waals surface area (Å²) in [6, 6.07) is 1.82. The molecule has 0 spiro atoms. The molecular weight excluding hydrogens is 360 g/mol. The molecule has 2 aromatic heterocycles. The highest BCUT2D eigenvalue weighted by atomic mass is 16.5. The van der Waals surface area contributed by atoms with E-state index in [-0.39, 0.29) is 30.5 Å². The number of carbonyl (C=O) groups excluding carboxylic acids is 1. The number of carbonyl (C=O) groups is 2. The molecular formula is C20H28N4O4. The minimum atomic E-state index is -1.06. The van der Waals surface area contributed by atoms with Crippen molar-refractivity contribution in [1.82, 2.24) is 19.7 Å². The van der Waals surface area contributed by atoms with Crippen LogP contribution in [0.5, 0.6) is 0 Å². The van der Waals surface area contributed by atoms with Gasteiger partial charge in [-0.25, -0.2) is 14.5 Å². The highest BCUT2D eigenvalue weighted by molar-refractivity contribution is 6.06. The second-order valence-electron chi connectivity index (χ2n) is 8.56. The number of pyridine rings is 1. The van der Waals surface area contributed by atoms with Gasteiger partial charge in [0.25, 0.3) is 5.91 Å². The number of hydrogen-bond donors (Lipinski definition) is 1. The van der Waals surface area contributed by atoms with Crippen molar-refractivity contribution in [3.05, 3.63) is 23.0 Å². The first-order valence-electron chi connectivity index (χ1n) is 9.55. The molecule has 8 heteroatoms. The standard InChI is InChI=1S/C20H28N4O4/c1-11(2)14-9-13(18(25)23-7-8-28-15(10-23)19(26)27)16-12(3)22-24(17(16)21-14)20(4,5)6/h9,11,15H,7-8,10H2,1-6H3,(H,26,27). The van der Waals surface area contributed by atoms with Crippen molar-refractivity contribution < 1.29 is 19.4 Å². The number of ether oxygens (including phenoxy) is 1. The normalized spacial score (nSPS) is 18.1. The number of fused-ring (bicyclic) bond motifs is 1. The summed E-state index contributed by atoms with van der Waals surface area (Å²) in [7, 11) is 0. The average Bonchev–Trinajstić information content (AvgIpc) is 2.97. The van der Waals surface area contributed by atoms with E-state index >= 15 is 0 Å². The molecule has 1 saturated heterocycles. The topological polar surface area (TPSA) is 97.5 Å². The molecule has 0 radical (unpaired) electrons. The second kappa shape index (κ2) is 7.16. The van der Waals surface area contributed by atoms with Crippen LogP contribution in [0.4, 0.5) is 0 Å². The van der Waals surface area contributed by atoms with Crippen LogP contribution in [-0.4, -0.2) is 62.4 Å². The number of carboxylic acids is 1. The van der Waals surface area contributed by atoms with E-state index < -0.39 is 12.1 Å². The Kier molecular flexibility index (Phi) is 5.18. The Morgan fingerprint density at radius 1 is 1.32 bits per heavy atom. The number of morpholine rings is 1. The van der Waals surface area contributed by atoms with Crippen LogP contribution in [0.1, 0.15) is 62.3 Å². The number of nitrogens with zero attached hydrogens (tertiary/aromatic N) is 4. The fraction of sp³-hybridized carbons (Fsp3) is 0.600. The molecule has 0 saturated carbocycles. The van der Waals surface area contributed by atoms with E-state index in [9.17, 15) is 14.7 Å². The molecule has 1 unspecified atom stereocenters. The van der Waals surface area contributed by atoms with Gasteiger partial charge in [-0.15, -0.1) is 0 Å². The minimum Gasteiger partial charge on any atom is -0.479 e. The summed E-state index contributed by atoms with van der Waals surface area (Å²) in [5.74, 6) is -1.13. The lowest BCUT2D eigenvalue weighted by Gasteiger charge is -2.31. The van der Waals surface area contributed by atoms with Gasteiger partial charge in [0.15, 0.2) is 11.8 Å². The lowest BCUT2D eigenvalue weighted by atomic mass is 10.0. The Morgan fingerprint density at radius 3 is 2.57 bits per heavy atom.